The van der Waals surface area contributed by atoms with Crippen LogP contribution >= 0.6 is 11.8 Å². The Hall–Kier alpha value is -2.07. The van der Waals surface area contributed by atoms with Gasteiger partial charge >= 0.3 is 6.18 Å². The molecule has 4 rings (SSSR count). The summed E-state index contributed by atoms with van der Waals surface area (Å²) >= 11 is 1.38. The third-order valence-electron chi connectivity index (χ3n) is 5.63. The lowest BCUT2D eigenvalue weighted by atomic mass is 10.1. The van der Waals surface area contributed by atoms with E-state index in [0.717, 1.165) is 43.2 Å². The molecule has 5 nitrogen and oxygen atoms in total. The number of fused-ring (bicyclic) bond motifs is 2. The van der Waals surface area contributed by atoms with Gasteiger partial charge in [-0.3, -0.25) is 14.6 Å². The van der Waals surface area contributed by atoms with E-state index in [4.69, 9.17) is 5.11 Å². The number of aliphatic hydroxyl groups is 1. The van der Waals surface area contributed by atoms with E-state index in [9.17, 15) is 18.0 Å². The number of aliphatic hydroxyl groups excluding tert-OH is 1. The van der Waals surface area contributed by atoms with Gasteiger partial charge in [0.05, 0.1) is 23.5 Å². The van der Waals surface area contributed by atoms with Crippen LogP contribution < -0.4 is 4.90 Å². The molecule has 2 aromatic rings. The third kappa shape index (κ3) is 4.90. The molecule has 1 saturated heterocycles. The first-order chi connectivity index (χ1) is 14.9. The zero-order chi connectivity index (χ0) is 22.0. The summed E-state index contributed by atoms with van der Waals surface area (Å²) in [6, 6.07) is 10.9. The maximum absolute atomic E-state index is 13.3. The van der Waals surface area contributed by atoms with Crippen molar-refractivity contribution < 1.29 is 23.1 Å². The Bertz CT molecular complexity index is 946. The number of piperazine rings is 1. The molecule has 0 saturated carbocycles. The molecule has 2 aromatic carbocycles. The maximum Gasteiger partial charge on any atom is 0.416 e. The first kappa shape index (κ1) is 22.1. The van der Waals surface area contributed by atoms with E-state index < -0.39 is 11.7 Å². The van der Waals surface area contributed by atoms with E-state index in [-0.39, 0.29) is 24.6 Å². The number of para-hydroxylation sites is 1. The number of nitrogens with zero attached hydrogens (tertiary/aromatic N) is 3. The van der Waals surface area contributed by atoms with E-state index >= 15 is 0 Å². The first-order valence-electron chi connectivity index (χ1n) is 10.2. The normalized spacial score (nSPS) is 17.4. The molecule has 0 radical (unpaired) electrons. The number of rotatable bonds is 5. The van der Waals surface area contributed by atoms with Gasteiger partial charge in [-0.25, -0.2) is 0 Å². The fourth-order valence-corrected chi connectivity index (χ4v) is 4.98. The van der Waals surface area contributed by atoms with Crippen LogP contribution in [-0.2, 0) is 11.0 Å². The van der Waals surface area contributed by atoms with Gasteiger partial charge < -0.3 is 10.0 Å². The first-order valence-corrected chi connectivity index (χ1v) is 11.0. The average Bonchev–Trinajstić information content (AvgIpc) is 2.76. The van der Waals surface area contributed by atoms with Crippen molar-refractivity contribution in [1.29, 1.82) is 0 Å². The summed E-state index contributed by atoms with van der Waals surface area (Å²) in [6.45, 7) is 4.58. The second kappa shape index (κ2) is 9.20. The Kier molecular flexibility index (Phi) is 6.57. The molecule has 9 heteroatoms. The number of hydrogen-bond donors (Lipinski definition) is 1. The van der Waals surface area contributed by atoms with Crippen molar-refractivity contribution >= 4 is 29.0 Å². The van der Waals surface area contributed by atoms with Crippen molar-refractivity contribution in [3.05, 3.63) is 48.0 Å². The number of benzene rings is 2. The summed E-state index contributed by atoms with van der Waals surface area (Å²) in [5.74, 6) is -0.217. The van der Waals surface area contributed by atoms with Crippen LogP contribution in [0.1, 0.15) is 12.0 Å². The number of carbonyl (C=O) groups excluding carboxylic acids is 1. The van der Waals surface area contributed by atoms with Crippen molar-refractivity contribution in [2.45, 2.75) is 22.4 Å². The highest BCUT2D eigenvalue weighted by Gasteiger charge is 2.35. The van der Waals surface area contributed by atoms with E-state index in [1.807, 2.05) is 12.1 Å². The monoisotopic (exact) mass is 451 g/mol. The van der Waals surface area contributed by atoms with Crippen LogP contribution in [0, 0.1) is 0 Å². The van der Waals surface area contributed by atoms with Gasteiger partial charge in [-0.15, -0.1) is 0 Å². The molecular weight excluding hydrogens is 427 g/mol. The highest BCUT2D eigenvalue weighted by Crippen LogP contribution is 2.49. The molecule has 0 aromatic heterocycles. The zero-order valence-corrected chi connectivity index (χ0v) is 17.8. The molecule has 2 aliphatic heterocycles. The summed E-state index contributed by atoms with van der Waals surface area (Å²) in [7, 11) is 0. The fraction of sp³-hybridized carbons (Fsp3) is 0.409. The molecule has 2 aliphatic rings. The number of halogens is 3. The van der Waals surface area contributed by atoms with Crippen LogP contribution in [0.4, 0.5) is 24.5 Å². The van der Waals surface area contributed by atoms with Crippen LogP contribution in [0.2, 0.25) is 0 Å². The van der Waals surface area contributed by atoms with E-state index in [2.05, 4.69) is 9.80 Å². The number of alkyl halides is 3. The number of anilines is 2. The topological polar surface area (TPSA) is 47.0 Å². The van der Waals surface area contributed by atoms with Crippen molar-refractivity contribution in [3.8, 4) is 0 Å². The van der Waals surface area contributed by atoms with Gasteiger partial charge in [0.15, 0.2) is 0 Å². The molecule has 0 unspecified atom stereocenters. The molecule has 1 N–H and O–H groups in total. The van der Waals surface area contributed by atoms with Gasteiger partial charge in [-0.05, 0) is 30.3 Å². The maximum atomic E-state index is 13.3. The summed E-state index contributed by atoms with van der Waals surface area (Å²) in [6.07, 6.45) is -4.26. The zero-order valence-electron chi connectivity index (χ0n) is 16.9. The third-order valence-corrected chi connectivity index (χ3v) is 6.76. The Balaban J connectivity index is 1.54. The lowest BCUT2D eigenvalue weighted by molar-refractivity contribution is -0.137. The van der Waals surface area contributed by atoms with Crippen molar-refractivity contribution in [2.75, 3.05) is 50.8 Å². The minimum Gasteiger partial charge on any atom is -0.395 e. The van der Waals surface area contributed by atoms with Crippen molar-refractivity contribution in [1.82, 2.24) is 9.80 Å². The van der Waals surface area contributed by atoms with E-state index in [0.29, 0.717) is 23.7 Å². The van der Waals surface area contributed by atoms with Crippen molar-refractivity contribution in [3.63, 3.8) is 0 Å². The van der Waals surface area contributed by atoms with Crippen molar-refractivity contribution in [2.24, 2.45) is 0 Å². The fourth-order valence-electron chi connectivity index (χ4n) is 3.94. The van der Waals surface area contributed by atoms with Gasteiger partial charge in [0, 0.05) is 55.5 Å². The number of amides is 1. The second-order valence-corrected chi connectivity index (χ2v) is 8.72. The van der Waals surface area contributed by atoms with Crippen LogP contribution in [0.3, 0.4) is 0 Å². The summed E-state index contributed by atoms with van der Waals surface area (Å²) in [5.41, 5.74) is 0.150. The van der Waals surface area contributed by atoms with Crippen LogP contribution in [0.25, 0.3) is 0 Å². The van der Waals surface area contributed by atoms with Gasteiger partial charge in [0.25, 0.3) is 0 Å². The predicted octanol–water partition coefficient (Wildman–Crippen LogP) is 3.83. The smallest absolute Gasteiger partial charge is 0.395 e. The standard InChI is InChI=1S/C22H24F3N3O2S/c23-22(24,25)16-5-6-20-18(15-16)28(17-3-1-2-4-19(17)31-20)21(30)7-8-26-9-11-27(12-10-26)13-14-29/h1-6,15,29H,7-14H2. The molecule has 0 atom stereocenters. The summed E-state index contributed by atoms with van der Waals surface area (Å²) in [4.78, 5) is 20.5. The number of β-amino-alcohol motifs (C(OH)–C–C–N with tert-alkyl or cyclic N) is 1. The van der Waals surface area contributed by atoms with Gasteiger partial charge in [0.1, 0.15) is 0 Å². The SMILES string of the molecule is O=C(CCN1CCN(CCO)CC1)N1c2ccccc2Sc2ccc(C(F)(F)F)cc21. The van der Waals surface area contributed by atoms with Crippen LogP contribution in [-0.4, -0.2) is 66.7 Å². The molecule has 2 heterocycles. The largest absolute Gasteiger partial charge is 0.416 e. The molecular formula is C22H24F3N3O2S. The summed E-state index contributed by atoms with van der Waals surface area (Å²) in [5, 5.41) is 9.06. The molecule has 0 aliphatic carbocycles. The summed E-state index contributed by atoms with van der Waals surface area (Å²) < 4.78 is 40.0. The number of carbonyl (C=O) groups is 1. The Labute approximate surface area is 183 Å². The Morgan fingerprint density at radius 1 is 0.935 bits per heavy atom. The number of hydrogen-bond acceptors (Lipinski definition) is 5. The second-order valence-electron chi connectivity index (χ2n) is 7.64. The molecule has 31 heavy (non-hydrogen) atoms. The van der Waals surface area contributed by atoms with Gasteiger partial charge in [-0.2, -0.15) is 13.2 Å². The van der Waals surface area contributed by atoms with E-state index in [1.54, 1.807) is 12.1 Å². The highest BCUT2D eigenvalue weighted by atomic mass is 32.2. The lowest BCUT2D eigenvalue weighted by Gasteiger charge is -2.35. The minimum atomic E-state index is -4.47. The Morgan fingerprint density at radius 3 is 2.26 bits per heavy atom. The molecule has 0 bridgehead atoms. The Morgan fingerprint density at radius 2 is 1.58 bits per heavy atom. The quantitative estimate of drug-likeness (QED) is 0.749. The van der Waals surface area contributed by atoms with E-state index in [1.165, 1.54) is 22.7 Å². The molecule has 0 spiro atoms. The van der Waals surface area contributed by atoms with Gasteiger partial charge in [0.2, 0.25) is 5.91 Å². The molecule has 166 valence electrons. The highest BCUT2D eigenvalue weighted by molar-refractivity contribution is 7.99. The van der Waals surface area contributed by atoms with Crippen LogP contribution in [0.5, 0.6) is 0 Å². The molecule has 1 fully saturated rings. The van der Waals surface area contributed by atoms with Gasteiger partial charge in [-0.1, -0.05) is 23.9 Å². The predicted molar refractivity (Wildman–Crippen MR) is 114 cm³/mol. The lowest BCUT2D eigenvalue weighted by Crippen LogP contribution is -2.48. The average molecular weight is 452 g/mol. The minimum absolute atomic E-state index is 0.129. The van der Waals surface area contributed by atoms with Crippen LogP contribution in [0.15, 0.2) is 52.3 Å². The molecule has 1 amide bonds.